The molecule has 44 heavy (non-hydrogen) atoms. The van der Waals surface area contributed by atoms with Gasteiger partial charge in [0.25, 0.3) is 0 Å². The Labute approximate surface area is 257 Å². The predicted octanol–water partition coefficient (Wildman–Crippen LogP) is 12.3. The molecule has 0 spiro atoms. The molecule has 9 rings (SSSR count). The van der Waals surface area contributed by atoms with E-state index in [-0.39, 0.29) is 0 Å². The largest absolute Gasteiger partial charge is 0.0622 e. The Bertz CT molecular complexity index is 2330. The van der Waals surface area contributed by atoms with E-state index in [2.05, 4.69) is 170 Å². The topological polar surface area (TPSA) is 0 Å². The summed E-state index contributed by atoms with van der Waals surface area (Å²) in [5.41, 5.74) is 15.3. The first-order chi connectivity index (χ1) is 21.8. The SMILES string of the molecule is c1ccc(-c2ccc(-c3ccc4cc(-c5ccc6c7c(cccc57)-c5ccccc5-6)ccc4c3)cc2-c2ccccc2)cc1. The van der Waals surface area contributed by atoms with E-state index in [1.54, 1.807) is 0 Å². The van der Waals surface area contributed by atoms with Crippen molar-refractivity contribution in [1.82, 2.24) is 0 Å². The Morgan fingerprint density at radius 3 is 1.45 bits per heavy atom. The highest BCUT2D eigenvalue weighted by Crippen LogP contribution is 2.49. The van der Waals surface area contributed by atoms with Crippen molar-refractivity contribution in [1.29, 1.82) is 0 Å². The van der Waals surface area contributed by atoms with Crippen LogP contribution in [0.25, 0.3) is 88.3 Å². The van der Waals surface area contributed by atoms with Gasteiger partial charge in [-0.15, -0.1) is 0 Å². The average Bonchev–Trinajstić information content (AvgIpc) is 3.43. The molecule has 1 aliphatic rings. The maximum Gasteiger partial charge on any atom is -0.00201 e. The molecule has 0 radical (unpaired) electrons. The molecule has 0 amide bonds. The molecule has 8 aromatic carbocycles. The van der Waals surface area contributed by atoms with Crippen LogP contribution in [-0.2, 0) is 0 Å². The van der Waals surface area contributed by atoms with Crippen LogP contribution < -0.4 is 0 Å². The molecule has 0 N–H and O–H groups in total. The second-order valence-corrected chi connectivity index (χ2v) is 11.7. The zero-order valence-electron chi connectivity index (χ0n) is 24.2. The van der Waals surface area contributed by atoms with Gasteiger partial charge in [-0.2, -0.15) is 0 Å². The second kappa shape index (κ2) is 9.93. The summed E-state index contributed by atoms with van der Waals surface area (Å²) in [6.07, 6.45) is 0. The van der Waals surface area contributed by atoms with Gasteiger partial charge < -0.3 is 0 Å². The third-order valence-corrected chi connectivity index (χ3v) is 9.22. The molecule has 0 saturated carbocycles. The number of fused-ring (bicyclic) bond motifs is 4. The number of hydrogen-bond acceptors (Lipinski definition) is 0. The quantitative estimate of drug-likeness (QED) is 0.202. The standard InChI is InChI=1S/C44H28/c1-3-10-29(11-4-1)36-23-22-34(28-43(36)30-12-5-2-6-13-30)32-18-19-33-27-35(21-20-31(33)26-32)37-24-25-42-39-15-8-7-14-38(39)41-17-9-16-40(37)44(41)42/h1-28H. The minimum atomic E-state index is 1.22. The number of benzene rings is 8. The van der Waals surface area contributed by atoms with E-state index >= 15 is 0 Å². The molecular formula is C44H28. The molecule has 0 unspecified atom stereocenters. The molecule has 1 aliphatic carbocycles. The average molecular weight is 557 g/mol. The molecule has 0 saturated heterocycles. The zero-order valence-corrected chi connectivity index (χ0v) is 24.2. The first kappa shape index (κ1) is 24.8. The van der Waals surface area contributed by atoms with E-state index in [4.69, 9.17) is 0 Å². The predicted molar refractivity (Wildman–Crippen MR) is 188 cm³/mol. The highest BCUT2D eigenvalue weighted by molar-refractivity contribution is 6.18. The third kappa shape index (κ3) is 3.92. The summed E-state index contributed by atoms with van der Waals surface area (Å²) in [6, 6.07) is 62.2. The van der Waals surface area contributed by atoms with Gasteiger partial charge in [-0.05, 0) is 107 Å². The lowest BCUT2D eigenvalue weighted by molar-refractivity contribution is 1.57. The van der Waals surface area contributed by atoms with Crippen LogP contribution in [0.4, 0.5) is 0 Å². The minimum Gasteiger partial charge on any atom is -0.0622 e. The van der Waals surface area contributed by atoms with Crippen LogP contribution in [0.2, 0.25) is 0 Å². The van der Waals surface area contributed by atoms with Crippen LogP contribution in [0, 0.1) is 0 Å². The van der Waals surface area contributed by atoms with Crippen LogP contribution in [0.1, 0.15) is 0 Å². The first-order valence-corrected chi connectivity index (χ1v) is 15.3. The zero-order chi connectivity index (χ0) is 29.0. The molecule has 0 aliphatic heterocycles. The summed E-state index contributed by atoms with van der Waals surface area (Å²) in [5.74, 6) is 0. The van der Waals surface area contributed by atoms with Crippen molar-refractivity contribution < 1.29 is 0 Å². The summed E-state index contributed by atoms with van der Waals surface area (Å²) in [4.78, 5) is 0. The van der Waals surface area contributed by atoms with Crippen molar-refractivity contribution >= 4 is 21.5 Å². The molecule has 0 heterocycles. The van der Waals surface area contributed by atoms with Gasteiger partial charge >= 0.3 is 0 Å². The van der Waals surface area contributed by atoms with Gasteiger partial charge in [0.15, 0.2) is 0 Å². The molecule has 0 heteroatoms. The van der Waals surface area contributed by atoms with Crippen LogP contribution >= 0.6 is 0 Å². The lowest BCUT2D eigenvalue weighted by atomic mass is 9.90. The Kier molecular flexibility index (Phi) is 5.61. The number of hydrogen-bond donors (Lipinski definition) is 0. The van der Waals surface area contributed by atoms with E-state index in [0.717, 1.165) is 0 Å². The molecule has 0 atom stereocenters. The van der Waals surface area contributed by atoms with E-state index < -0.39 is 0 Å². The summed E-state index contributed by atoms with van der Waals surface area (Å²) in [7, 11) is 0. The fourth-order valence-corrected chi connectivity index (χ4v) is 7.10. The Morgan fingerprint density at radius 1 is 0.227 bits per heavy atom. The van der Waals surface area contributed by atoms with Crippen molar-refractivity contribution in [2.45, 2.75) is 0 Å². The van der Waals surface area contributed by atoms with Crippen molar-refractivity contribution in [2.24, 2.45) is 0 Å². The van der Waals surface area contributed by atoms with Crippen LogP contribution in [0.3, 0.4) is 0 Å². The Morgan fingerprint density at radius 2 is 0.727 bits per heavy atom. The van der Waals surface area contributed by atoms with Crippen molar-refractivity contribution in [3.05, 3.63) is 170 Å². The van der Waals surface area contributed by atoms with Crippen molar-refractivity contribution in [2.75, 3.05) is 0 Å². The maximum absolute atomic E-state index is 2.35. The summed E-state index contributed by atoms with van der Waals surface area (Å²) >= 11 is 0. The molecule has 0 bridgehead atoms. The summed E-state index contributed by atoms with van der Waals surface area (Å²) < 4.78 is 0. The fourth-order valence-electron chi connectivity index (χ4n) is 7.10. The van der Waals surface area contributed by atoms with Crippen LogP contribution in [0.5, 0.6) is 0 Å². The smallest absolute Gasteiger partial charge is 0.00201 e. The lowest BCUT2D eigenvalue weighted by Crippen LogP contribution is -1.88. The molecule has 204 valence electrons. The van der Waals surface area contributed by atoms with E-state index in [9.17, 15) is 0 Å². The van der Waals surface area contributed by atoms with Gasteiger partial charge in [0.2, 0.25) is 0 Å². The molecule has 8 aromatic rings. The van der Waals surface area contributed by atoms with Crippen LogP contribution in [0.15, 0.2) is 170 Å². The van der Waals surface area contributed by atoms with E-state index in [0.29, 0.717) is 0 Å². The van der Waals surface area contributed by atoms with E-state index in [1.165, 1.54) is 88.3 Å². The van der Waals surface area contributed by atoms with Gasteiger partial charge in [0.05, 0.1) is 0 Å². The minimum absolute atomic E-state index is 1.22. The monoisotopic (exact) mass is 556 g/mol. The lowest BCUT2D eigenvalue weighted by Gasteiger charge is -2.14. The highest BCUT2D eigenvalue weighted by Gasteiger charge is 2.22. The molecular weight excluding hydrogens is 528 g/mol. The third-order valence-electron chi connectivity index (χ3n) is 9.22. The first-order valence-electron chi connectivity index (χ1n) is 15.3. The normalized spacial score (nSPS) is 11.6. The van der Waals surface area contributed by atoms with Gasteiger partial charge in [-0.1, -0.05) is 152 Å². The van der Waals surface area contributed by atoms with Crippen molar-refractivity contribution in [3.8, 4) is 66.8 Å². The molecule has 0 nitrogen and oxygen atoms in total. The maximum atomic E-state index is 2.35. The van der Waals surface area contributed by atoms with Crippen molar-refractivity contribution in [3.63, 3.8) is 0 Å². The van der Waals surface area contributed by atoms with Gasteiger partial charge in [-0.25, -0.2) is 0 Å². The summed E-state index contributed by atoms with van der Waals surface area (Å²) in [5, 5.41) is 5.19. The van der Waals surface area contributed by atoms with Gasteiger partial charge in [0.1, 0.15) is 0 Å². The Hall–Kier alpha value is -5.72. The van der Waals surface area contributed by atoms with Gasteiger partial charge in [-0.3, -0.25) is 0 Å². The van der Waals surface area contributed by atoms with Crippen LogP contribution in [-0.4, -0.2) is 0 Å². The van der Waals surface area contributed by atoms with E-state index in [1.807, 2.05) is 0 Å². The molecule has 0 fully saturated rings. The highest BCUT2D eigenvalue weighted by atomic mass is 14.2. The summed E-state index contributed by atoms with van der Waals surface area (Å²) in [6.45, 7) is 0. The second-order valence-electron chi connectivity index (χ2n) is 11.7. The number of rotatable bonds is 4. The van der Waals surface area contributed by atoms with Gasteiger partial charge in [0, 0.05) is 0 Å². The molecule has 0 aromatic heterocycles. The fraction of sp³-hybridized carbons (Fsp3) is 0. The Balaban J connectivity index is 1.13.